The minimum Gasteiger partial charge on any atom is -0.383 e. The van der Waals surface area contributed by atoms with E-state index in [-0.39, 0.29) is 11.5 Å². The fraction of sp³-hybridized carbons (Fsp3) is 0.238. The molecular weight excluding hydrogens is 384 g/mol. The van der Waals surface area contributed by atoms with Gasteiger partial charge in [0.25, 0.3) is 5.91 Å². The summed E-state index contributed by atoms with van der Waals surface area (Å²) in [5, 5.41) is 10.4. The molecule has 1 atom stereocenters. The Morgan fingerprint density at radius 3 is 2.90 bits per heavy atom. The lowest BCUT2D eigenvalue weighted by atomic mass is 10.0. The number of benzene rings is 1. The van der Waals surface area contributed by atoms with Crippen molar-refractivity contribution in [2.45, 2.75) is 18.9 Å². The van der Waals surface area contributed by atoms with Gasteiger partial charge in [-0.15, -0.1) is 0 Å². The van der Waals surface area contributed by atoms with Crippen LogP contribution >= 0.6 is 0 Å². The van der Waals surface area contributed by atoms with Crippen LogP contribution in [0.15, 0.2) is 36.7 Å². The van der Waals surface area contributed by atoms with E-state index in [1.165, 1.54) is 4.90 Å². The quantitative estimate of drug-likeness (QED) is 0.406. The molecule has 1 aromatic carbocycles. The molecule has 3 aromatic rings. The number of primary amides is 1. The van der Waals surface area contributed by atoms with Gasteiger partial charge >= 0.3 is 0 Å². The van der Waals surface area contributed by atoms with Gasteiger partial charge < -0.3 is 21.5 Å². The number of nitrogens with two attached hydrogens (primary N) is 2. The van der Waals surface area contributed by atoms with E-state index < -0.39 is 11.5 Å². The first-order valence-electron chi connectivity index (χ1n) is 9.16. The van der Waals surface area contributed by atoms with Gasteiger partial charge in [0.2, 0.25) is 6.41 Å². The van der Waals surface area contributed by atoms with Gasteiger partial charge in [-0.05, 0) is 19.1 Å². The molecule has 2 aromatic heterocycles. The highest BCUT2D eigenvalue weighted by Gasteiger charge is 2.19. The van der Waals surface area contributed by atoms with E-state index in [0.717, 1.165) is 0 Å². The van der Waals surface area contributed by atoms with Crippen LogP contribution in [0.2, 0.25) is 0 Å². The third kappa shape index (κ3) is 4.39. The van der Waals surface area contributed by atoms with Crippen LogP contribution in [0.1, 0.15) is 29.4 Å². The molecule has 2 heterocycles. The fourth-order valence-corrected chi connectivity index (χ4v) is 2.84. The topological polar surface area (TPSA) is 140 Å². The Labute approximate surface area is 173 Å². The highest BCUT2D eigenvalue weighted by atomic mass is 16.3. The van der Waals surface area contributed by atoms with E-state index in [0.29, 0.717) is 41.8 Å². The van der Waals surface area contributed by atoms with Crippen LogP contribution in [0.5, 0.6) is 0 Å². The molecule has 0 bridgehead atoms. The zero-order chi connectivity index (χ0) is 21.9. The molecular formula is C21H22N6O3. The second-order valence-corrected chi connectivity index (χ2v) is 7.12. The minimum atomic E-state index is -1.26. The maximum absolute atomic E-state index is 11.8. The Morgan fingerprint density at radius 2 is 2.20 bits per heavy atom. The molecule has 5 N–H and O–H groups in total. The monoisotopic (exact) mass is 406 g/mol. The number of anilines is 1. The molecule has 0 aliphatic carbocycles. The van der Waals surface area contributed by atoms with Crippen LogP contribution < -0.4 is 11.5 Å². The van der Waals surface area contributed by atoms with Crippen molar-refractivity contribution in [3.63, 3.8) is 0 Å². The van der Waals surface area contributed by atoms with E-state index >= 15 is 0 Å². The van der Waals surface area contributed by atoms with E-state index in [1.807, 2.05) is 0 Å². The highest BCUT2D eigenvalue weighted by molar-refractivity contribution is 5.97. The molecule has 0 saturated carbocycles. The minimum absolute atomic E-state index is 0.0470. The Kier molecular flexibility index (Phi) is 5.71. The first kappa shape index (κ1) is 20.8. The Morgan fingerprint density at radius 1 is 1.43 bits per heavy atom. The summed E-state index contributed by atoms with van der Waals surface area (Å²) >= 11 is 0. The lowest BCUT2D eigenvalue weighted by Gasteiger charge is -2.19. The second-order valence-electron chi connectivity index (χ2n) is 7.12. The first-order valence-corrected chi connectivity index (χ1v) is 9.16. The smallest absolute Gasteiger partial charge is 0.271 e. The summed E-state index contributed by atoms with van der Waals surface area (Å²) in [4.78, 5) is 32.5. The van der Waals surface area contributed by atoms with Crippen molar-refractivity contribution in [2.24, 2.45) is 5.73 Å². The molecule has 154 valence electrons. The molecule has 0 radical (unpaired) electrons. The highest BCUT2D eigenvalue weighted by Crippen LogP contribution is 2.26. The SMILES string of the molecule is CN(C=O)CCC(C)(O)C#Cc1cccc(-c2nc(C(N)=O)c(N)n3ccnc23)c1. The summed E-state index contributed by atoms with van der Waals surface area (Å²) in [6.07, 6.45) is 4.19. The Balaban J connectivity index is 1.98. The molecule has 0 fully saturated rings. The third-order valence-electron chi connectivity index (χ3n) is 4.56. The molecule has 9 nitrogen and oxygen atoms in total. The molecule has 9 heteroatoms. The molecule has 1 unspecified atom stereocenters. The molecule has 0 aliphatic rings. The number of carbonyl (C=O) groups excluding carboxylic acids is 2. The van der Waals surface area contributed by atoms with Crippen molar-refractivity contribution in [3.05, 3.63) is 47.9 Å². The second kappa shape index (κ2) is 8.23. The number of hydrogen-bond acceptors (Lipinski definition) is 6. The van der Waals surface area contributed by atoms with Crippen molar-refractivity contribution in [1.29, 1.82) is 0 Å². The van der Waals surface area contributed by atoms with Crippen molar-refractivity contribution < 1.29 is 14.7 Å². The van der Waals surface area contributed by atoms with Crippen LogP contribution in [0.4, 0.5) is 5.82 Å². The van der Waals surface area contributed by atoms with Crippen LogP contribution in [0.25, 0.3) is 16.9 Å². The van der Waals surface area contributed by atoms with Gasteiger partial charge in [0.05, 0.1) is 0 Å². The van der Waals surface area contributed by atoms with Gasteiger partial charge in [-0.1, -0.05) is 24.0 Å². The predicted molar refractivity (Wildman–Crippen MR) is 112 cm³/mol. The standard InChI is InChI=1S/C21H22N6O3/c1-21(30,8-10-26(2)13-28)7-6-14-4-3-5-15(12-14)16-20-24-9-11-27(20)18(22)17(25-16)19(23)29/h3-5,9,11-13,30H,8,10,22H2,1-2H3,(H2,23,29). The molecule has 2 amide bonds. The van der Waals surface area contributed by atoms with Gasteiger partial charge in [-0.2, -0.15) is 0 Å². The van der Waals surface area contributed by atoms with Crippen LogP contribution in [-0.2, 0) is 4.79 Å². The summed E-state index contributed by atoms with van der Waals surface area (Å²) in [5.74, 6) is 5.16. The number of nitrogens with zero attached hydrogens (tertiary/aromatic N) is 4. The molecule has 30 heavy (non-hydrogen) atoms. The molecule has 0 spiro atoms. The predicted octanol–water partition coefficient (Wildman–Crippen LogP) is 0.658. The number of aromatic nitrogens is 3. The lowest BCUT2D eigenvalue weighted by Crippen LogP contribution is -2.29. The molecule has 0 saturated heterocycles. The van der Waals surface area contributed by atoms with Crippen molar-refractivity contribution in [2.75, 3.05) is 19.3 Å². The van der Waals surface area contributed by atoms with Gasteiger partial charge in [0.1, 0.15) is 17.1 Å². The van der Waals surface area contributed by atoms with Crippen molar-refractivity contribution in [3.8, 4) is 23.1 Å². The van der Waals surface area contributed by atoms with E-state index in [4.69, 9.17) is 11.5 Å². The van der Waals surface area contributed by atoms with Crippen molar-refractivity contribution in [1.82, 2.24) is 19.3 Å². The van der Waals surface area contributed by atoms with Crippen molar-refractivity contribution >= 4 is 23.8 Å². The summed E-state index contributed by atoms with van der Waals surface area (Å²) in [6, 6.07) is 7.16. The maximum Gasteiger partial charge on any atom is 0.271 e. The van der Waals surface area contributed by atoms with Crippen LogP contribution in [0, 0.1) is 11.8 Å². The molecule has 3 rings (SSSR count). The van der Waals surface area contributed by atoms with Gasteiger partial charge in [-0.3, -0.25) is 14.0 Å². The van der Waals surface area contributed by atoms with Gasteiger partial charge in [0, 0.05) is 43.5 Å². The zero-order valence-corrected chi connectivity index (χ0v) is 16.7. The Bertz CT molecular complexity index is 1170. The summed E-state index contributed by atoms with van der Waals surface area (Å²) in [7, 11) is 1.64. The third-order valence-corrected chi connectivity index (χ3v) is 4.56. The maximum atomic E-state index is 11.8. The zero-order valence-electron chi connectivity index (χ0n) is 16.7. The normalized spacial score (nSPS) is 12.6. The summed E-state index contributed by atoms with van der Waals surface area (Å²) < 4.78 is 1.55. The average molecular weight is 406 g/mol. The number of hydrogen-bond donors (Lipinski definition) is 3. The number of carbonyl (C=O) groups is 2. The summed E-state index contributed by atoms with van der Waals surface area (Å²) in [6.45, 7) is 1.98. The number of amides is 2. The van der Waals surface area contributed by atoms with Gasteiger partial charge in [0.15, 0.2) is 11.3 Å². The van der Waals surface area contributed by atoms with E-state index in [9.17, 15) is 14.7 Å². The first-order chi connectivity index (χ1) is 14.2. The largest absolute Gasteiger partial charge is 0.383 e. The fourth-order valence-electron chi connectivity index (χ4n) is 2.84. The van der Waals surface area contributed by atoms with E-state index in [1.54, 1.807) is 55.0 Å². The lowest BCUT2D eigenvalue weighted by molar-refractivity contribution is -0.117. The number of imidazole rings is 1. The number of fused-ring (bicyclic) bond motifs is 1. The Hall–Kier alpha value is -3.90. The summed E-state index contributed by atoms with van der Waals surface area (Å²) in [5.41, 5.74) is 12.3. The van der Waals surface area contributed by atoms with Crippen LogP contribution in [-0.4, -0.2) is 55.9 Å². The van der Waals surface area contributed by atoms with Gasteiger partial charge in [-0.25, -0.2) is 9.97 Å². The van der Waals surface area contributed by atoms with E-state index in [2.05, 4.69) is 21.8 Å². The number of aliphatic hydroxyl groups is 1. The van der Waals surface area contributed by atoms with Crippen LogP contribution in [0.3, 0.4) is 0 Å². The number of nitrogen functional groups attached to an aromatic ring is 1. The molecule has 0 aliphatic heterocycles. The average Bonchev–Trinajstić information content (AvgIpc) is 3.21. The number of rotatable bonds is 6.